The smallest absolute Gasteiger partial charge is 0.434 e. The highest BCUT2D eigenvalue weighted by molar-refractivity contribution is 5.67. The first kappa shape index (κ1) is 21.4. The van der Waals surface area contributed by atoms with E-state index in [1.807, 2.05) is 0 Å². The van der Waals surface area contributed by atoms with Gasteiger partial charge in [-0.15, -0.1) is 0 Å². The number of aromatic nitrogens is 4. The zero-order valence-corrected chi connectivity index (χ0v) is 16.1. The molecule has 0 bridgehead atoms. The molecule has 0 saturated heterocycles. The highest BCUT2D eigenvalue weighted by Gasteiger charge is 2.38. The predicted molar refractivity (Wildman–Crippen MR) is 101 cm³/mol. The zero-order valence-electron chi connectivity index (χ0n) is 16.1. The number of fused-ring (bicyclic) bond motifs is 1. The molecule has 0 N–H and O–H groups in total. The van der Waals surface area contributed by atoms with Crippen LogP contribution in [-0.2, 0) is 12.4 Å². The third kappa shape index (κ3) is 3.79. The van der Waals surface area contributed by atoms with Gasteiger partial charge in [-0.25, -0.2) is 9.67 Å². The summed E-state index contributed by atoms with van der Waals surface area (Å²) in [7, 11) is 1.31. The van der Waals surface area contributed by atoms with Crippen molar-refractivity contribution in [2.24, 2.45) is 0 Å². The highest BCUT2D eigenvalue weighted by atomic mass is 19.4. The van der Waals surface area contributed by atoms with Crippen molar-refractivity contribution in [1.82, 2.24) is 19.2 Å². The average Bonchev–Trinajstić information content (AvgIpc) is 3.22. The molecule has 32 heavy (non-hydrogen) atoms. The lowest BCUT2D eigenvalue weighted by Crippen LogP contribution is -2.24. The number of rotatable bonds is 3. The normalized spacial score (nSPS) is 12.3. The Hall–Kier alpha value is -3.83. The van der Waals surface area contributed by atoms with E-state index in [9.17, 15) is 31.1 Å². The van der Waals surface area contributed by atoms with Gasteiger partial charge < -0.3 is 4.74 Å². The summed E-state index contributed by atoms with van der Waals surface area (Å²) < 4.78 is 87.0. The van der Waals surface area contributed by atoms with Crippen molar-refractivity contribution < 1.29 is 31.1 Å². The Kier molecular flexibility index (Phi) is 4.94. The average molecular weight is 454 g/mol. The lowest BCUT2D eigenvalue weighted by atomic mass is 10.1. The van der Waals surface area contributed by atoms with E-state index in [4.69, 9.17) is 4.74 Å². The molecule has 1 aromatic carbocycles. The molecular formula is C20H12F6N4O2. The number of nitrogens with zero attached hydrogens (tertiary/aromatic N) is 4. The molecule has 3 aromatic heterocycles. The lowest BCUT2D eigenvalue weighted by molar-refractivity contribution is -0.140. The van der Waals surface area contributed by atoms with Crippen molar-refractivity contribution in [1.29, 1.82) is 0 Å². The van der Waals surface area contributed by atoms with Crippen molar-refractivity contribution >= 4 is 5.65 Å². The van der Waals surface area contributed by atoms with Gasteiger partial charge in [-0.05, 0) is 24.3 Å². The van der Waals surface area contributed by atoms with E-state index < -0.39 is 34.7 Å². The minimum atomic E-state index is -4.98. The number of ether oxygens (including phenoxy) is 1. The second-order valence-corrected chi connectivity index (χ2v) is 6.65. The van der Waals surface area contributed by atoms with E-state index in [0.717, 1.165) is 39.7 Å². The topological polar surface area (TPSA) is 61.4 Å². The van der Waals surface area contributed by atoms with E-state index in [1.165, 1.54) is 31.5 Å². The second kappa shape index (κ2) is 7.39. The Labute approximate surface area is 175 Å². The maximum atomic E-state index is 13.7. The van der Waals surface area contributed by atoms with Gasteiger partial charge in [0.05, 0.1) is 30.1 Å². The van der Waals surface area contributed by atoms with Crippen LogP contribution in [0, 0.1) is 0 Å². The molecule has 0 fully saturated rings. The lowest BCUT2D eigenvalue weighted by Gasteiger charge is -2.13. The monoisotopic (exact) mass is 454 g/mol. The third-order valence-corrected chi connectivity index (χ3v) is 4.62. The molecule has 0 saturated carbocycles. The van der Waals surface area contributed by atoms with Gasteiger partial charge in [-0.2, -0.15) is 31.4 Å². The summed E-state index contributed by atoms with van der Waals surface area (Å²) in [5.74, 6) is 0.204. The van der Waals surface area contributed by atoms with Crippen LogP contribution in [0.5, 0.6) is 5.75 Å². The molecule has 166 valence electrons. The van der Waals surface area contributed by atoms with Crippen LogP contribution in [-0.4, -0.2) is 26.3 Å². The van der Waals surface area contributed by atoms with Crippen LogP contribution in [0.2, 0.25) is 0 Å². The molecule has 0 aliphatic heterocycles. The zero-order chi connectivity index (χ0) is 23.3. The summed E-state index contributed by atoms with van der Waals surface area (Å²) in [5, 5.41) is 3.84. The maximum Gasteiger partial charge on any atom is 0.434 e. The SMILES string of the molecule is COc1ccn2c(=O)c(-c3cnn(-c4cccc(C(F)(F)F)c4)c3)c(C(F)(F)F)nc2c1. The van der Waals surface area contributed by atoms with Crippen molar-refractivity contribution in [3.05, 3.63) is 76.6 Å². The van der Waals surface area contributed by atoms with Gasteiger partial charge >= 0.3 is 12.4 Å². The predicted octanol–water partition coefficient (Wildman–Crippen LogP) is 4.59. The first-order valence-electron chi connectivity index (χ1n) is 8.89. The van der Waals surface area contributed by atoms with Crippen molar-refractivity contribution in [2.75, 3.05) is 7.11 Å². The van der Waals surface area contributed by atoms with Crippen molar-refractivity contribution in [3.63, 3.8) is 0 Å². The fourth-order valence-corrected chi connectivity index (χ4v) is 3.13. The molecule has 0 unspecified atom stereocenters. The van der Waals surface area contributed by atoms with E-state index in [1.54, 1.807) is 0 Å². The van der Waals surface area contributed by atoms with Crippen LogP contribution in [0.25, 0.3) is 22.5 Å². The fraction of sp³-hybridized carbons (Fsp3) is 0.150. The molecule has 0 spiro atoms. The van der Waals surface area contributed by atoms with Gasteiger partial charge in [0.2, 0.25) is 0 Å². The molecule has 0 atom stereocenters. The van der Waals surface area contributed by atoms with E-state index >= 15 is 0 Å². The van der Waals surface area contributed by atoms with Crippen LogP contribution in [0.1, 0.15) is 11.3 Å². The number of alkyl halides is 6. The summed E-state index contributed by atoms with van der Waals surface area (Å²) in [4.78, 5) is 16.5. The quantitative estimate of drug-likeness (QED) is 0.425. The first-order valence-corrected chi connectivity index (χ1v) is 8.89. The molecule has 4 aromatic rings. The van der Waals surface area contributed by atoms with Crippen LogP contribution >= 0.6 is 0 Å². The Bertz CT molecular complexity index is 1370. The molecule has 0 aliphatic carbocycles. The first-order chi connectivity index (χ1) is 15.0. The Morgan fingerprint density at radius 3 is 2.41 bits per heavy atom. The molecule has 0 aliphatic rings. The Morgan fingerprint density at radius 2 is 1.75 bits per heavy atom. The van der Waals surface area contributed by atoms with Gasteiger partial charge in [-0.3, -0.25) is 9.20 Å². The van der Waals surface area contributed by atoms with E-state index in [2.05, 4.69) is 10.1 Å². The number of hydrogen-bond acceptors (Lipinski definition) is 4. The minimum Gasteiger partial charge on any atom is -0.497 e. The summed E-state index contributed by atoms with van der Waals surface area (Å²) in [5.41, 5.74) is -4.78. The van der Waals surface area contributed by atoms with Gasteiger partial charge in [0.25, 0.3) is 5.56 Å². The molecule has 3 heterocycles. The molecule has 6 nitrogen and oxygen atoms in total. The fourth-order valence-electron chi connectivity index (χ4n) is 3.13. The van der Waals surface area contributed by atoms with Crippen LogP contribution in [0.15, 0.2) is 59.8 Å². The van der Waals surface area contributed by atoms with Gasteiger partial charge in [0.1, 0.15) is 11.4 Å². The number of pyridine rings is 1. The number of hydrogen-bond donors (Lipinski definition) is 0. The van der Waals surface area contributed by atoms with E-state index in [-0.39, 0.29) is 22.6 Å². The van der Waals surface area contributed by atoms with Gasteiger partial charge in [-0.1, -0.05) is 6.07 Å². The number of benzene rings is 1. The summed E-state index contributed by atoms with van der Waals surface area (Å²) >= 11 is 0. The molecule has 0 amide bonds. The van der Waals surface area contributed by atoms with Crippen LogP contribution in [0.4, 0.5) is 26.3 Å². The van der Waals surface area contributed by atoms with E-state index in [0.29, 0.717) is 0 Å². The van der Waals surface area contributed by atoms with Gasteiger partial charge in [0, 0.05) is 24.0 Å². The largest absolute Gasteiger partial charge is 0.497 e. The third-order valence-electron chi connectivity index (χ3n) is 4.62. The van der Waals surface area contributed by atoms with Crippen LogP contribution in [0.3, 0.4) is 0 Å². The molecule has 0 radical (unpaired) electrons. The second-order valence-electron chi connectivity index (χ2n) is 6.65. The molecule has 4 rings (SSSR count). The number of halogens is 6. The van der Waals surface area contributed by atoms with Crippen molar-refractivity contribution in [2.45, 2.75) is 12.4 Å². The summed E-state index contributed by atoms with van der Waals surface area (Å²) in [6, 6.07) is 6.63. The minimum absolute atomic E-state index is 0.0433. The standard InChI is InChI=1S/C20H12F6N4O2/c1-32-14-5-6-29-15(8-14)28-17(20(24,25)26)16(18(29)31)11-9-27-30(10-11)13-4-2-3-12(7-13)19(21,22)23/h2-10H,1H3. The summed E-state index contributed by atoms with van der Waals surface area (Å²) in [6.45, 7) is 0. The summed E-state index contributed by atoms with van der Waals surface area (Å²) in [6.07, 6.45) is -6.38. The number of methoxy groups -OCH3 is 1. The highest BCUT2D eigenvalue weighted by Crippen LogP contribution is 2.35. The Balaban J connectivity index is 1.90. The molecule has 12 heteroatoms. The van der Waals surface area contributed by atoms with Gasteiger partial charge in [0.15, 0.2) is 5.69 Å². The van der Waals surface area contributed by atoms with Crippen molar-refractivity contribution in [3.8, 4) is 22.6 Å². The molecular weight excluding hydrogens is 442 g/mol. The Morgan fingerprint density at radius 1 is 1.00 bits per heavy atom. The van der Waals surface area contributed by atoms with Crippen LogP contribution < -0.4 is 10.3 Å². The maximum absolute atomic E-state index is 13.7.